The first-order valence-electron chi connectivity index (χ1n) is 9.05. The number of fused-ring (bicyclic) bond motifs is 1. The van der Waals surface area contributed by atoms with Gasteiger partial charge in [0.15, 0.2) is 11.0 Å². The van der Waals surface area contributed by atoms with Gasteiger partial charge in [0, 0.05) is 16.8 Å². The first kappa shape index (κ1) is 17.7. The van der Waals surface area contributed by atoms with Gasteiger partial charge in [-0.05, 0) is 37.6 Å². The van der Waals surface area contributed by atoms with Crippen molar-refractivity contribution in [3.05, 3.63) is 99.7 Å². The fraction of sp³-hybridized carbons (Fsp3) is 0.0833. The van der Waals surface area contributed by atoms with E-state index in [2.05, 4.69) is 5.32 Å². The van der Waals surface area contributed by atoms with Gasteiger partial charge in [-0.1, -0.05) is 54.6 Å². The second-order valence-electron chi connectivity index (χ2n) is 6.70. The molecule has 1 amide bonds. The minimum absolute atomic E-state index is 0.134. The fourth-order valence-corrected chi connectivity index (χ4v) is 3.26. The van der Waals surface area contributed by atoms with Crippen LogP contribution in [-0.2, 0) is 0 Å². The second kappa shape index (κ2) is 7.16. The van der Waals surface area contributed by atoms with Gasteiger partial charge in [0.1, 0.15) is 5.76 Å². The highest BCUT2D eigenvalue weighted by atomic mass is 16.3. The van der Waals surface area contributed by atoms with Gasteiger partial charge in [-0.25, -0.2) is 0 Å². The molecule has 3 aromatic carbocycles. The number of rotatable bonds is 3. The molecule has 0 aliphatic rings. The Morgan fingerprint density at radius 1 is 0.857 bits per heavy atom. The summed E-state index contributed by atoms with van der Waals surface area (Å²) in [6.45, 7) is 3.67. The van der Waals surface area contributed by atoms with E-state index in [1.54, 1.807) is 25.1 Å². The molecule has 1 heterocycles. The third kappa shape index (κ3) is 3.09. The molecule has 0 saturated heterocycles. The Kier molecular flexibility index (Phi) is 4.53. The summed E-state index contributed by atoms with van der Waals surface area (Å²) in [6, 6.07) is 22.0. The molecule has 138 valence electrons. The lowest BCUT2D eigenvalue weighted by Crippen LogP contribution is -2.15. The van der Waals surface area contributed by atoms with E-state index < -0.39 is 0 Å². The van der Waals surface area contributed by atoms with E-state index in [0.29, 0.717) is 27.9 Å². The largest absolute Gasteiger partial charge is 0.455 e. The van der Waals surface area contributed by atoms with Crippen LogP contribution < -0.4 is 10.7 Å². The fourth-order valence-electron chi connectivity index (χ4n) is 3.26. The molecule has 0 fully saturated rings. The van der Waals surface area contributed by atoms with Crippen LogP contribution in [0.3, 0.4) is 0 Å². The molecule has 4 rings (SSSR count). The molecule has 1 N–H and O–H groups in total. The lowest BCUT2D eigenvalue weighted by molar-refractivity contribution is 0.102. The van der Waals surface area contributed by atoms with Gasteiger partial charge in [0.25, 0.3) is 5.91 Å². The van der Waals surface area contributed by atoms with Crippen LogP contribution in [0.25, 0.3) is 22.3 Å². The molecule has 4 nitrogen and oxygen atoms in total. The lowest BCUT2D eigenvalue weighted by atomic mass is 10.0. The van der Waals surface area contributed by atoms with Crippen LogP contribution in [0.5, 0.6) is 0 Å². The number of hydrogen-bond donors (Lipinski definition) is 1. The van der Waals surface area contributed by atoms with E-state index in [4.69, 9.17) is 4.42 Å². The number of amides is 1. The van der Waals surface area contributed by atoms with Crippen molar-refractivity contribution >= 4 is 22.6 Å². The maximum Gasteiger partial charge on any atom is 0.259 e. The van der Waals surface area contributed by atoms with Crippen LogP contribution in [0, 0.1) is 13.8 Å². The van der Waals surface area contributed by atoms with Gasteiger partial charge >= 0.3 is 0 Å². The van der Waals surface area contributed by atoms with Gasteiger partial charge in [-0.15, -0.1) is 0 Å². The molecule has 0 atom stereocenters. The summed E-state index contributed by atoms with van der Waals surface area (Å²) in [5.41, 5.74) is 3.49. The monoisotopic (exact) mass is 369 g/mol. The van der Waals surface area contributed by atoms with Crippen LogP contribution in [-0.4, -0.2) is 5.91 Å². The van der Waals surface area contributed by atoms with Crippen LogP contribution in [0.15, 0.2) is 82.0 Å². The van der Waals surface area contributed by atoms with Gasteiger partial charge in [0.2, 0.25) is 0 Å². The van der Waals surface area contributed by atoms with E-state index >= 15 is 0 Å². The summed E-state index contributed by atoms with van der Waals surface area (Å²) in [5.74, 6) is 0.167. The average Bonchev–Trinajstić information content (AvgIpc) is 2.72. The molecule has 4 aromatic rings. The van der Waals surface area contributed by atoms with Gasteiger partial charge in [0.05, 0.1) is 10.9 Å². The van der Waals surface area contributed by atoms with E-state index in [1.165, 1.54) is 0 Å². The van der Waals surface area contributed by atoms with Crippen molar-refractivity contribution in [2.45, 2.75) is 13.8 Å². The van der Waals surface area contributed by atoms with Crippen LogP contribution in [0.1, 0.15) is 21.5 Å². The average molecular weight is 369 g/mol. The summed E-state index contributed by atoms with van der Waals surface area (Å²) in [7, 11) is 0. The van der Waals surface area contributed by atoms with Crippen molar-refractivity contribution in [3.63, 3.8) is 0 Å². The maximum absolute atomic E-state index is 13.0. The Labute approximate surface area is 162 Å². The quantitative estimate of drug-likeness (QED) is 0.531. The minimum Gasteiger partial charge on any atom is -0.455 e. The number of carbonyl (C=O) groups is 1. The topological polar surface area (TPSA) is 59.3 Å². The van der Waals surface area contributed by atoms with E-state index in [9.17, 15) is 9.59 Å². The van der Waals surface area contributed by atoms with E-state index in [-0.39, 0.29) is 11.3 Å². The van der Waals surface area contributed by atoms with Crippen LogP contribution in [0.4, 0.5) is 5.69 Å². The first-order chi connectivity index (χ1) is 13.6. The van der Waals surface area contributed by atoms with Crippen molar-refractivity contribution in [1.29, 1.82) is 0 Å². The van der Waals surface area contributed by atoms with Gasteiger partial charge in [-0.2, -0.15) is 0 Å². The Balaban J connectivity index is 1.88. The summed E-state index contributed by atoms with van der Waals surface area (Å²) in [4.78, 5) is 25.9. The summed E-state index contributed by atoms with van der Waals surface area (Å²) in [6.07, 6.45) is 0. The zero-order chi connectivity index (χ0) is 19.7. The molecule has 0 aliphatic heterocycles. The highest BCUT2D eigenvalue weighted by Gasteiger charge is 2.18. The predicted octanol–water partition coefficient (Wildman–Crippen LogP) is 5.33. The minimum atomic E-state index is -0.314. The highest BCUT2D eigenvalue weighted by molar-refractivity contribution is 6.11. The Bertz CT molecular complexity index is 1240. The lowest BCUT2D eigenvalue weighted by Gasteiger charge is -2.12. The Hall–Kier alpha value is -3.66. The van der Waals surface area contributed by atoms with Crippen molar-refractivity contribution in [2.24, 2.45) is 0 Å². The molecular weight excluding hydrogens is 350 g/mol. The van der Waals surface area contributed by atoms with Gasteiger partial charge < -0.3 is 9.73 Å². The summed E-state index contributed by atoms with van der Waals surface area (Å²) in [5, 5.41) is 3.31. The van der Waals surface area contributed by atoms with Crippen molar-refractivity contribution in [3.8, 4) is 11.3 Å². The number of benzene rings is 3. The SMILES string of the molecule is Cc1ccccc1NC(=O)c1cccc2c(=O)c(C)c(-c3ccccc3)oc12. The number of anilines is 1. The zero-order valence-corrected chi connectivity index (χ0v) is 15.7. The Morgan fingerprint density at radius 2 is 1.57 bits per heavy atom. The Morgan fingerprint density at radius 3 is 2.32 bits per heavy atom. The molecule has 28 heavy (non-hydrogen) atoms. The van der Waals surface area contributed by atoms with E-state index in [0.717, 1.165) is 16.8 Å². The maximum atomic E-state index is 13.0. The molecule has 0 radical (unpaired) electrons. The smallest absolute Gasteiger partial charge is 0.259 e. The first-order valence-corrected chi connectivity index (χ1v) is 9.05. The van der Waals surface area contributed by atoms with Crippen molar-refractivity contribution < 1.29 is 9.21 Å². The number of aryl methyl sites for hydroxylation is 1. The molecule has 0 unspecified atom stereocenters. The normalized spacial score (nSPS) is 10.8. The molecule has 0 bridgehead atoms. The van der Waals surface area contributed by atoms with Crippen LogP contribution >= 0.6 is 0 Å². The third-order valence-electron chi connectivity index (χ3n) is 4.82. The number of para-hydroxylation sites is 2. The van der Waals surface area contributed by atoms with Gasteiger partial charge in [-0.3, -0.25) is 9.59 Å². The molecule has 4 heteroatoms. The molecule has 0 spiro atoms. The zero-order valence-electron chi connectivity index (χ0n) is 15.7. The molecule has 0 saturated carbocycles. The second-order valence-corrected chi connectivity index (χ2v) is 6.70. The summed E-state index contributed by atoms with van der Waals surface area (Å²) < 4.78 is 6.12. The molecule has 1 aromatic heterocycles. The standard InChI is InChI=1S/C24H19NO3/c1-15-9-6-7-14-20(15)25-24(27)19-13-8-12-18-21(26)16(2)22(28-23(18)19)17-10-4-3-5-11-17/h3-14H,1-2H3,(H,25,27). The van der Waals surface area contributed by atoms with Crippen molar-refractivity contribution in [1.82, 2.24) is 0 Å². The summed E-state index contributed by atoms with van der Waals surface area (Å²) >= 11 is 0. The number of nitrogens with one attached hydrogen (secondary N) is 1. The van der Waals surface area contributed by atoms with E-state index in [1.807, 2.05) is 61.5 Å². The number of hydrogen-bond acceptors (Lipinski definition) is 3. The van der Waals surface area contributed by atoms with Crippen LogP contribution in [0.2, 0.25) is 0 Å². The number of carbonyl (C=O) groups excluding carboxylic acids is 1. The highest BCUT2D eigenvalue weighted by Crippen LogP contribution is 2.27. The third-order valence-corrected chi connectivity index (χ3v) is 4.82. The molecule has 0 aliphatic carbocycles. The predicted molar refractivity (Wildman–Crippen MR) is 112 cm³/mol. The molecular formula is C24H19NO3. The van der Waals surface area contributed by atoms with Crippen molar-refractivity contribution in [2.75, 3.05) is 5.32 Å².